The third-order valence-electron chi connectivity index (χ3n) is 4.27. The second-order valence-electron chi connectivity index (χ2n) is 6.58. The van der Waals surface area contributed by atoms with E-state index in [1.165, 1.54) is 0 Å². The molecule has 2 rings (SSSR count). The zero-order valence-electron chi connectivity index (χ0n) is 16.3. The molecule has 0 radical (unpaired) electrons. The molecular weight excluding hydrogens is 338 g/mol. The molecule has 1 aromatic carbocycles. The van der Waals surface area contributed by atoms with E-state index in [1.54, 1.807) is 12.3 Å². The summed E-state index contributed by atoms with van der Waals surface area (Å²) in [5.41, 5.74) is 2.09. The zero-order chi connectivity index (χ0) is 19.5. The summed E-state index contributed by atoms with van der Waals surface area (Å²) in [6.07, 6.45) is 4.94. The minimum atomic E-state index is -0.111. The third-order valence-corrected chi connectivity index (χ3v) is 4.27. The molecule has 1 N–H and O–H groups in total. The number of anilines is 1. The zero-order valence-corrected chi connectivity index (χ0v) is 16.3. The Morgan fingerprint density at radius 1 is 0.926 bits per heavy atom. The van der Waals surface area contributed by atoms with Gasteiger partial charge in [-0.05, 0) is 37.0 Å². The third kappa shape index (κ3) is 6.85. The van der Waals surface area contributed by atoms with Gasteiger partial charge in [-0.25, -0.2) is 4.98 Å². The maximum atomic E-state index is 12.2. The van der Waals surface area contributed by atoms with Gasteiger partial charge >= 0.3 is 0 Å². The largest absolute Gasteiger partial charge is 0.343 e. The Morgan fingerprint density at radius 2 is 1.63 bits per heavy atom. The van der Waals surface area contributed by atoms with E-state index in [1.807, 2.05) is 41.3 Å². The van der Waals surface area contributed by atoms with Gasteiger partial charge in [0.1, 0.15) is 5.82 Å². The predicted octanol–water partition coefficient (Wildman–Crippen LogP) is 4.51. The lowest BCUT2D eigenvalue weighted by Crippen LogP contribution is -2.32. The topological polar surface area (TPSA) is 62.3 Å². The number of nitrogens with one attached hydrogen (secondary N) is 1. The van der Waals surface area contributed by atoms with Crippen LogP contribution >= 0.6 is 0 Å². The lowest BCUT2D eigenvalue weighted by Gasteiger charge is -2.21. The summed E-state index contributed by atoms with van der Waals surface area (Å²) < 4.78 is 0. The average Bonchev–Trinajstić information content (AvgIpc) is 2.69. The summed E-state index contributed by atoms with van der Waals surface area (Å²) in [7, 11) is 0. The van der Waals surface area contributed by atoms with Gasteiger partial charge in [0, 0.05) is 37.7 Å². The first-order chi connectivity index (χ1) is 13.1. The molecule has 2 amide bonds. The highest BCUT2D eigenvalue weighted by Crippen LogP contribution is 2.19. The van der Waals surface area contributed by atoms with Crippen molar-refractivity contribution in [3.05, 3.63) is 48.7 Å². The average molecular weight is 367 g/mol. The Morgan fingerprint density at radius 3 is 2.22 bits per heavy atom. The van der Waals surface area contributed by atoms with Gasteiger partial charge in [0.25, 0.3) is 0 Å². The molecule has 1 heterocycles. The Hall–Kier alpha value is -2.69. The molecule has 0 atom stereocenters. The monoisotopic (exact) mass is 367 g/mol. The SMILES string of the molecule is CCCN(CCC)C(=O)CCCC(=O)Nc1ccc(-c2ccccc2)cn1. The van der Waals surface area contributed by atoms with E-state index in [0.717, 1.165) is 37.1 Å². The van der Waals surface area contributed by atoms with Crippen molar-refractivity contribution in [2.24, 2.45) is 0 Å². The molecule has 0 unspecified atom stereocenters. The van der Waals surface area contributed by atoms with E-state index >= 15 is 0 Å². The van der Waals surface area contributed by atoms with E-state index in [4.69, 9.17) is 0 Å². The fourth-order valence-corrected chi connectivity index (χ4v) is 2.93. The van der Waals surface area contributed by atoms with Crippen LogP contribution in [0.5, 0.6) is 0 Å². The highest BCUT2D eigenvalue weighted by atomic mass is 16.2. The predicted molar refractivity (Wildman–Crippen MR) is 109 cm³/mol. The first-order valence-electron chi connectivity index (χ1n) is 9.73. The Kier molecular flexibility index (Phi) is 8.49. The van der Waals surface area contributed by atoms with Crippen LogP contribution in [0.4, 0.5) is 5.82 Å². The first kappa shape index (κ1) is 20.6. The molecule has 0 aliphatic carbocycles. The molecule has 0 spiro atoms. The lowest BCUT2D eigenvalue weighted by atomic mass is 10.1. The molecule has 0 saturated carbocycles. The van der Waals surface area contributed by atoms with Crippen LogP contribution in [0.25, 0.3) is 11.1 Å². The van der Waals surface area contributed by atoms with E-state index in [9.17, 15) is 9.59 Å². The van der Waals surface area contributed by atoms with Crippen LogP contribution in [0.3, 0.4) is 0 Å². The van der Waals surface area contributed by atoms with Crippen molar-refractivity contribution in [1.82, 2.24) is 9.88 Å². The summed E-state index contributed by atoms with van der Waals surface area (Å²) in [5, 5.41) is 2.80. The van der Waals surface area contributed by atoms with Gasteiger partial charge < -0.3 is 10.2 Å². The molecule has 5 heteroatoms. The highest BCUT2D eigenvalue weighted by molar-refractivity contribution is 5.90. The van der Waals surface area contributed by atoms with Gasteiger partial charge in [-0.2, -0.15) is 0 Å². The number of rotatable bonds is 10. The van der Waals surface area contributed by atoms with Crippen LogP contribution in [0.15, 0.2) is 48.7 Å². The number of carbonyl (C=O) groups excluding carboxylic acids is 2. The normalized spacial score (nSPS) is 10.4. The quantitative estimate of drug-likeness (QED) is 0.672. The van der Waals surface area contributed by atoms with Crippen LogP contribution in [-0.4, -0.2) is 34.8 Å². The van der Waals surface area contributed by atoms with Crippen molar-refractivity contribution in [3.63, 3.8) is 0 Å². The number of carbonyl (C=O) groups is 2. The van der Waals surface area contributed by atoms with E-state index in [0.29, 0.717) is 25.1 Å². The minimum absolute atomic E-state index is 0.111. The summed E-state index contributed by atoms with van der Waals surface area (Å²) >= 11 is 0. The molecule has 0 aliphatic rings. The molecule has 1 aromatic heterocycles. The summed E-state index contributed by atoms with van der Waals surface area (Å²) in [6.45, 7) is 5.71. The van der Waals surface area contributed by atoms with Crippen molar-refractivity contribution >= 4 is 17.6 Å². The Labute approximate surface area is 161 Å². The van der Waals surface area contributed by atoms with Gasteiger partial charge in [-0.1, -0.05) is 44.2 Å². The Balaban J connectivity index is 1.78. The summed E-state index contributed by atoms with van der Waals surface area (Å²) in [5.74, 6) is 0.557. The van der Waals surface area contributed by atoms with E-state index in [-0.39, 0.29) is 11.8 Å². The fraction of sp³-hybridized carbons (Fsp3) is 0.409. The second kappa shape index (κ2) is 11.1. The molecule has 0 aliphatic heterocycles. The van der Waals surface area contributed by atoms with Crippen LogP contribution < -0.4 is 5.32 Å². The molecule has 0 saturated heterocycles. The molecule has 27 heavy (non-hydrogen) atoms. The van der Waals surface area contributed by atoms with Crippen molar-refractivity contribution in [2.75, 3.05) is 18.4 Å². The molecule has 5 nitrogen and oxygen atoms in total. The second-order valence-corrected chi connectivity index (χ2v) is 6.58. The minimum Gasteiger partial charge on any atom is -0.343 e. The van der Waals surface area contributed by atoms with Gasteiger partial charge in [0.15, 0.2) is 0 Å². The maximum Gasteiger partial charge on any atom is 0.225 e. The summed E-state index contributed by atoms with van der Waals surface area (Å²) in [4.78, 5) is 30.5. The lowest BCUT2D eigenvalue weighted by molar-refractivity contribution is -0.131. The smallest absolute Gasteiger partial charge is 0.225 e. The van der Waals surface area contributed by atoms with E-state index in [2.05, 4.69) is 24.1 Å². The van der Waals surface area contributed by atoms with Crippen LogP contribution in [0.1, 0.15) is 46.0 Å². The van der Waals surface area contributed by atoms with Crippen LogP contribution in [-0.2, 0) is 9.59 Å². The number of amides is 2. The molecule has 2 aromatic rings. The maximum absolute atomic E-state index is 12.2. The number of hydrogen-bond donors (Lipinski definition) is 1. The van der Waals surface area contributed by atoms with Gasteiger partial charge in [-0.3, -0.25) is 9.59 Å². The molecule has 0 bridgehead atoms. The summed E-state index contributed by atoms with van der Waals surface area (Å²) in [6, 6.07) is 13.7. The number of nitrogens with zero attached hydrogens (tertiary/aromatic N) is 2. The highest BCUT2D eigenvalue weighted by Gasteiger charge is 2.12. The molecular formula is C22H29N3O2. The van der Waals surface area contributed by atoms with Crippen molar-refractivity contribution in [2.45, 2.75) is 46.0 Å². The number of hydrogen-bond acceptors (Lipinski definition) is 3. The standard InChI is InChI=1S/C22H29N3O2/c1-3-15-25(16-4-2)22(27)12-8-11-21(26)24-20-14-13-19(17-23-20)18-9-6-5-7-10-18/h5-7,9-10,13-14,17H,3-4,8,11-12,15-16H2,1-2H3,(H,23,24,26). The van der Waals surface area contributed by atoms with Crippen molar-refractivity contribution in [1.29, 1.82) is 0 Å². The molecule has 0 fully saturated rings. The molecule has 144 valence electrons. The first-order valence-corrected chi connectivity index (χ1v) is 9.73. The van der Waals surface area contributed by atoms with Gasteiger partial charge in [-0.15, -0.1) is 0 Å². The van der Waals surface area contributed by atoms with E-state index < -0.39 is 0 Å². The van der Waals surface area contributed by atoms with Crippen molar-refractivity contribution < 1.29 is 9.59 Å². The number of pyridine rings is 1. The van der Waals surface area contributed by atoms with Gasteiger partial charge in [0.05, 0.1) is 0 Å². The van der Waals surface area contributed by atoms with Gasteiger partial charge in [0.2, 0.25) is 11.8 Å². The fourth-order valence-electron chi connectivity index (χ4n) is 2.93. The number of benzene rings is 1. The number of aromatic nitrogens is 1. The van der Waals surface area contributed by atoms with Crippen LogP contribution in [0, 0.1) is 0 Å². The van der Waals surface area contributed by atoms with Crippen LogP contribution in [0.2, 0.25) is 0 Å². The Bertz CT molecular complexity index is 708. The van der Waals surface area contributed by atoms with Crippen molar-refractivity contribution in [3.8, 4) is 11.1 Å².